The molecule has 2 aliphatic heterocycles. The minimum Gasteiger partial charge on any atom is -0.349 e. The van der Waals surface area contributed by atoms with Crippen molar-refractivity contribution in [2.24, 2.45) is 0 Å². The molecule has 8 heteroatoms. The number of H-pyrrole nitrogens is 1. The first-order chi connectivity index (χ1) is 11.9. The third-order valence-electron chi connectivity index (χ3n) is 5.31. The van der Waals surface area contributed by atoms with Crippen LogP contribution in [0.4, 0.5) is 0 Å². The van der Waals surface area contributed by atoms with Gasteiger partial charge in [0.2, 0.25) is 0 Å². The molecule has 25 heavy (non-hydrogen) atoms. The molecule has 0 saturated carbocycles. The molecule has 0 unspecified atom stereocenters. The Bertz CT molecular complexity index is 940. The highest BCUT2D eigenvalue weighted by Crippen LogP contribution is 2.32. The molecule has 1 aromatic heterocycles. The SMILES string of the molecule is CCN1CCN(C(=O)c2[nH]c3ccccc3c2Cl)[C@@H]2CS(=O)(=O)C[C@@H]21. The van der Waals surface area contributed by atoms with Gasteiger partial charge in [-0.25, -0.2) is 8.42 Å². The summed E-state index contributed by atoms with van der Waals surface area (Å²) >= 11 is 6.42. The van der Waals surface area contributed by atoms with Crippen LogP contribution in [0.15, 0.2) is 24.3 Å². The van der Waals surface area contributed by atoms with Gasteiger partial charge in [0, 0.05) is 30.0 Å². The number of likely N-dealkylation sites (N-methyl/N-ethyl adjacent to an activating group) is 1. The van der Waals surface area contributed by atoms with Gasteiger partial charge in [0.15, 0.2) is 9.84 Å². The van der Waals surface area contributed by atoms with Crippen LogP contribution in [-0.2, 0) is 9.84 Å². The van der Waals surface area contributed by atoms with Crippen LogP contribution in [0.25, 0.3) is 10.9 Å². The van der Waals surface area contributed by atoms with E-state index < -0.39 is 9.84 Å². The van der Waals surface area contributed by atoms with Crippen LogP contribution in [0.2, 0.25) is 5.02 Å². The minimum atomic E-state index is -3.13. The van der Waals surface area contributed by atoms with E-state index in [1.54, 1.807) is 4.90 Å². The zero-order valence-electron chi connectivity index (χ0n) is 13.9. The van der Waals surface area contributed by atoms with Crippen LogP contribution in [0, 0.1) is 0 Å². The van der Waals surface area contributed by atoms with E-state index in [2.05, 4.69) is 9.88 Å². The Morgan fingerprint density at radius 3 is 2.68 bits per heavy atom. The summed E-state index contributed by atoms with van der Waals surface area (Å²) in [6.07, 6.45) is 0. The number of fused-ring (bicyclic) bond motifs is 2. The number of nitrogens with zero attached hydrogens (tertiary/aromatic N) is 2. The van der Waals surface area contributed by atoms with E-state index in [1.807, 2.05) is 31.2 Å². The second-order valence-corrected chi connectivity index (χ2v) is 9.23. The molecule has 1 amide bonds. The van der Waals surface area contributed by atoms with Gasteiger partial charge >= 0.3 is 0 Å². The summed E-state index contributed by atoms with van der Waals surface area (Å²) in [4.78, 5) is 20.1. The number of benzene rings is 1. The third-order valence-corrected chi connectivity index (χ3v) is 7.41. The van der Waals surface area contributed by atoms with Crippen LogP contribution in [-0.4, -0.2) is 72.3 Å². The van der Waals surface area contributed by atoms with E-state index in [-0.39, 0.29) is 29.5 Å². The molecule has 2 aliphatic rings. The van der Waals surface area contributed by atoms with Gasteiger partial charge in [-0.3, -0.25) is 9.69 Å². The van der Waals surface area contributed by atoms with Crippen molar-refractivity contribution in [3.05, 3.63) is 35.0 Å². The highest BCUT2D eigenvalue weighted by molar-refractivity contribution is 7.91. The van der Waals surface area contributed by atoms with Crippen molar-refractivity contribution in [2.75, 3.05) is 31.1 Å². The number of hydrogen-bond donors (Lipinski definition) is 1. The number of sulfone groups is 1. The molecule has 2 fully saturated rings. The zero-order valence-corrected chi connectivity index (χ0v) is 15.5. The summed E-state index contributed by atoms with van der Waals surface area (Å²) in [5.41, 5.74) is 1.15. The van der Waals surface area contributed by atoms with E-state index in [4.69, 9.17) is 11.6 Å². The molecule has 0 bridgehead atoms. The summed E-state index contributed by atoms with van der Waals surface area (Å²) in [5.74, 6) is -0.0722. The highest BCUT2D eigenvalue weighted by atomic mass is 35.5. The van der Waals surface area contributed by atoms with Crippen molar-refractivity contribution in [1.29, 1.82) is 0 Å². The molecule has 2 aromatic rings. The number of nitrogens with one attached hydrogen (secondary N) is 1. The number of amides is 1. The summed E-state index contributed by atoms with van der Waals surface area (Å²) in [7, 11) is -3.13. The van der Waals surface area contributed by atoms with Gasteiger partial charge in [0.05, 0.1) is 22.6 Å². The molecule has 6 nitrogen and oxygen atoms in total. The lowest BCUT2D eigenvalue weighted by Crippen LogP contribution is -2.60. The molecule has 0 radical (unpaired) electrons. The van der Waals surface area contributed by atoms with Crippen molar-refractivity contribution in [3.8, 4) is 0 Å². The fourth-order valence-electron chi connectivity index (χ4n) is 4.07. The van der Waals surface area contributed by atoms with Crippen LogP contribution in [0.3, 0.4) is 0 Å². The molecular formula is C17H20ClN3O3S. The lowest BCUT2D eigenvalue weighted by atomic mass is 10.0. The molecule has 134 valence electrons. The Morgan fingerprint density at radius 1 is 1.24 bits per heavy atom. The molecule has 1 aromatic carbocycles. The van der Waals surface area contributed by atoms with Crippen LogP contribution < -0.4 is 0 Å². The number of hydrogen-bond acceptors (Lipinski definition) is 4. The fraction of sp³-hybridized carbons (Fsp3) is 0.471. The monoisotopic (exact) mass is 381 g/mol. The normalized spacial score (nSPS) is 26.1. The molecule has 2 atom stereocenters. The number of carbonyl (C=O) groups excluding carboxylic acids is 1. The smallest absolute Gasteiger partial charge is 0.272 e. The Kier molecular flexibility index (Phi) is 4.05. The Morgan fingerprint density at radius 2 is 1.96 bits per heavy atom. The number of para-hydroxylation sites is 1. The Hall–Kier alpha value is -1.57. The first-order valence-electron chi connectivity index (χ1n) is 8.43. The van der Waals surface area contributed by atoms with Gasteiger partial charge in [-0.1, -0.05) is 36.7 Å². The largest absolute Gasteiger partial charge is 0.349 e. The highest BCUT2D eigenvalue weighted by Gasteiger charge is 2.48. The average molecular weight is 382 g/mol. The number of piperazine rings is 1. The molecule has 0 spiro atoms. The first-order valence-corrected chi connectivity index (χ1v) is 10.6. The first kappa shape index (κ1) is 16.9. The summed E-state index contributed by atoms with van der Waals surface area (Å²) < 4.78 is 24.3. The Balaban J connectivity index is 1.71. The number of carbonyl (C=O) groups is 1. The van der Waals surface area contributed by atoms with Gasteiger partial charge in [-0.15, -0.1) is 0 Å². The van der Waals surface area contributed by atoms with Gasteiger partial charge in [-0.2, -0.15) is 0 Å². The number of rotatable bonds is 2. The van der Waals surface area contributed by atoms with E-state index in [0.29, 0.717) is 23.8 Å². The topological polar surface area (TPSA) is 73.5 Å². The zero-order chi connectivity index (χ0) is 17.8. The van der Waals surface area contributed by atoms with Crippen LogP contribution in [0.1, 0.15) is 17.4 Å². The van der Waals surface area contributed by atoms with Crippen molar-refractivity contribution >= 4 is 38.2 Å². The summed E-state index contributed by atoms with van der Waals surface area (Å²) in [5, 5.41) is 1.20. The van der Waals surface area contributed by atoms with E-state index in [9.17, 15) is 13.2 Å². The molecule has 2 saturated heterocycles. The lowest BCUT2D eigenvalue weighted by Gasteiger charge is -2.43. The predicted molar refractivity (Wildman–Crippen MR) is 97.8 cm³/mol. The van der Waals surface area contributed by atoms with E-state index in [0.717, 1.165) is 17.4 Å². The summed E-state index contributed by atoms with van der Waals surface area (Å²) in [6, 6.07) is 7.04. The van der Waals surface area contributed by atoms with E-state index in [1.165, 1.54) is 0 Å². The van der Waals surface area contributed by atoms with Crippen molar-refractivity contribution < 1.29 is 13.2 Å². The Labute approximate surface area is 151 Å². The molecule has 4 rings (SSSR count). The number of aromatic nitrogens is 1. The maximum atomic E-state index is 13.1. The van der Waals surface area contributed by atoms with Gasteiger partial charge in [0.25, 0.3) is 5.91 Å². The lowest BCUT2D eigenvalue weighted by molar-refractivity contribution is 0.0345. The average Bonchev–Trinajstić information content (AvgIpc) is 3.09. The number of halogens is 1. The van der Waals surface area contributed by atoms with Crippen molar-refractivity contribution in [2.45, 2.75) is 19.0 Å². The quantitative estimate of drug-likeness (QED) is 0.860. The second-order valence-electron chi connectivity index (χ2n) is 6.70. The third kappa shape index (κ3) is 2.74. The predicted octanol–water partition coefficient (Wildman–Crippen LogP) is 1.76. The standard InChI is InChI=1S/C17H20ClN3O3S/c1-2-20-7-8-21(14-10-25(23,24)9-13(14)20)17(22)16-15(18)11-5-3-4-6-12(11)19-16/h3-6,13-14,19H,2,7-10H2,1H3/t13-,14+/m0/s1. The fourth-order valence-corrected chi connectivity index (χ4v) is 6.37. The van der Waals surface area contributed by atoms with Gasteiger partial charge in [-0.05, 0) is 12.6 Å². The van der Waals surface area contributed by atoms with E-state index >= 15 is 0 Å². The molecule has 1 N–H and O–H groups in total. The second kappa shape index (κ2) is 6.00. The molecule has 0 aliphatic carbocycles. The van der Waals surface area contributed by atoms with Crippen molar-refractivity contribution in [3.63, 3.8) is 0 Å². The van der Waals surface area contributed by atoms with Gasteiger partial charge < -0.3 is 9.88 Å². The molecule has 3 heterocycles. The maximum Gasteiger partial charge on any atom is 0.272 e. The van der Waals surface area contributed by atoms with Gasteiger partial charge in [0.1, 0.15) is 5.69 Å². The molecular weight excluding hydrogens is 362 g/mol. The van der Waals surface area contributed by atoms with Crippen molar-refractivity contribution in [1.82, 2.24) is 14.8 Å². The van der Waals surface area contributed by atoms with Crippen LogP contribution >= 0.6 is 11.6 Å². The number of aromatic amines is 1. The minimum absolute atomic E-state index is 0.0255. The maximum absolute atomic E-state index is 13.1. The van der Waals surface area contributed by atoms with Crippen LogP contribution in [0.5, 0.6) is 0 Å². The summed E-state index contributed by atoms with van der Waals surface area (Å²) in [6.45, 7) is 3.99.